The fraction of sp³-hybridized carbons (Fsp3) is 0.688. The van der Waals surface area contributed by atoms with Crippen LogP contribution >= 0.6 is 0 Å². The van der Waals surface area contributed by atoms with E-state index in [0.29, 0.717) is 13.2 Å². The molecule has 0 aromatic rings. The summed E-state index contributed by atoms with van der Waals surface area (Å²) in [6.45, 7) is 4.57. The molecule has 0 N–H and O–H groups in total. The second-order valence-electron chi connectivity index (χ2n) is 5.30. The Kier molecular flexibility index (Phi) is 4.81. The van der Waals surface area contributed by atoms with E-state index >= 15 is 0 Å². The van der Waals surface area contributed by atoms with Crippen molar-refractivity contribution in [2.75, 3.05) is 13.2 Å². The van der Waals surface area contributed by atoms with Crippen LogP contribution in [0.25, 0.3) is 0 Å². The average Bonchev–Trinajstić information content (AvgIpc) is 3.05. The number of hydrogen-bond donors (Lipinski definition) is 0. The van der Waals surface area contributed by atoms with Crippen LogP contribution < -0.4 is 0 Å². The van der Waals surface area contributed by atoms with Gasteiger partial charge in [0.15, 0.2) is 5.60 Å². The van der Waals surface area contributed by atoms with Gasteiger partial charge in [0.05, 0.1) is 6.61 Å². The second-order valence-corrected chi connectivity index (χ2v) is 5.30. The van der Waals surface area contributed by atoms with Gasteiger partial charge in [0.25, 0.3) is 0 Å². The number of rotatable bonds is 6. The van der Waals surface area contributed by atoms with Crippen LogP contribution in [0, 0.1) is 0 Å². The van der Waals surface area contributed by atoms with Crippen LogP contribution in [0.2, 0.25) is 0 Å². The van der Waals surface area contributed by atoms with Crippen molar-refractivity contribution in [3.05, 3.63) is 23.3 Å². The summed E-state index contributed by atoms with van der Waals surface area (Å²) >= 11 is 0. The molecule has 2 aliphatic rings. The van der Waals surface area contributed by atoms with E-state index in [-0.39, 0.29) is 5.97 Å². The lowest BCUT2D eigenvalue weighted by molar-refractivity contribution is -0.155. The van der Waals surface area contributed by atoms with E-state index in [0.717, 1.165) is 38.5 Å². The Morgan fingerprint density at radius 1 is 1.21 bits per heavy atom. The number of esters is 1. The van der Waals surface area contributed by atoms with E-state index in [1.807, 2.05) is 6.92 Å². The molecule has 0 aliphatic heterocycles. The third-order valence-corrected chi connectivity index (χ3v) is 3.95. The molecule has 0 amide bonds. The maximum atomic E-state index is 11.6. The fourth-order valence-electron chi connectivity index (χ4n) is 3.12. The van der Waals surface area contributed by atoms with Crippen LogP contribution in [-0.4, -0.2) is 24.8 Å². The Morgan fingerprint density at radius 3 is 2.16 bits per heavy atom. The highest BCUT2D eigenvalue weighted by molar-refractivity contribution is 5.68. The molecule has 3 heteroatoms. The minimum absolute atomic E-state index is 0.222. The predicted molar refractivity (Wildman–Crippen MR) is 74.9 cm³/mol. The first-order valence-electron chi connectivity index (χ1n) is 7.35. The maximum Gasteiger partial charge on any atom is 0.303 e. The van der Waals surface area contributed by atoms with Crippen LogP contribution in [-0.2, 0) is 14.3 Å². The van der Waals surface area contributed by atoms with Gasteiger partial charge in [-0.15, -0.1) is 0 Å². The molecule has 0 radical (unpaired) electrons. The number of carbonyl (C=O) groups excluding carboxylic acids is 1. The van der Waals surface area contributed by atoms with Gasteiger partial charge in [0.1, 0.15) is 0 Å². The molecule has 2 rings (SSSR count). The van der Waals surface area contributed by atoms with Crippen LogP contribution in [0.5, 0.6) is 0 Å². The summed E-state index contributed by atoms with van der Waals surface area (Å²) < 4.78 is 11.5. The summed E-state index contributed by atoms with van der Waals surface area (Å²) in [6, 6.07) is 0. The van der Waals surface area contributed by atoms with Crippen LogP contribution in [0.3, 0.4) is 0 Å². The summed E-state index contributed by atoms with van der Waals surface area (Å²) in [5.74, 6) is -0.222. The van der Waals surface area contributed by atoms with E-state index < -0.39 is 5.60 Å². The molecule has 3 nitrogen and oxygen atoms in total. The van der Waals surface area contributed by atoms with Crippen molar-refractivity contribution < 1.29 is 14.3 Å². The normalized spacial score (nSPS) is 19.3. The lowest BCUT2D eigenvalue weighted by Crippen LogP contribution is -2.43. The molecule has 0 atom stereocenters. The molecule has 0 saturated heterocycles. The van der Waals surface area contributed by atoms with Gasteiger partial charge in [-0.05, 0) is 56.6 Å². The van der Waals surface area contributed by atoms with E-state index in [1.54, 1.807) is 0 Å². The monoisotopic (exact) mass is 264 g/mol. The highest BCUT2D eigenvalue weighted by Crippen LogP contribution is 2.41. The SMILES string of the molecule is CCOCC(OC(C)=O)(C1=CCCC1)C1=CCCC1. The Labute approximate surface area is 115 Å². The molecule has 0 saturated carbocycles. The number of hydrogen-bond acceptors (Lipinski definition) is 3. The smallest absolute Gasteiger partial charge is 0.303 e. The first-order valence-corrected chi connectivity index (χ1v) is 7.35. The zero-order chi connectivity index (χ0) is 13.7. The molecule has 0 unspecified atom stereocenters. The van der Waals surface area contributed by atoms with Crippen LogP contribution in [0.4, 0.5) is 0 Å². The van der Waals surface area contributed by atoms with Gasteiger partial charge in [-0.1, -0.05) is 12.2 Å². The molecule has 19 heavy (non-hydrogen) atoms. The topological polar surface area (TPSA) is 35.5 Å². The first kappa shape index (κ1) is 14.3. The Hall–Kier alpha value is -1.09. The third kappa shape index (κ3) is 3.08. The van der Waals surface area contributed by atoms with Crippen molar-refractivity contribution in [2.45, 2.75) is 58.0 Å². The Bertz CT molecular complexity index is 369. The fourth-order valence-corrected chi connectivity index (χ4v) is 3.12. The molecular weight excluding hydrogens is 240 g/mol. The van der Waals surface area contributed by atoms with Crippen molar-refractivity contribution in [3.63, 3.8) is 0 Å². The average molecular weight is 264 g/mol. The molecule has 0 heterocycles. The van der Waals surface area contributed by atoms with E-state index in [2.05, 4.69) is 12.2 Å². The number of allylic oxidation sites excluding steroid dienone is 2. The minimum Gasteiger partial charge on any atom is -0.448 e. The molecule has 0 fully saturated rings. The van der Waals surface area contributed by atoms with Gasteiger partial charge in [-0.3, -0.25) is 4.79 Å². The van der Waals surface area contributed by atoms with Gasteiger partial charge < -0.3 is 9.47 Å². The van der Waals surface area contributed by atoms with Gasteiger partial charge in [0, 0.05) is 13.5 Å². The molecular formula is C16H24O3. The summed E-state index contributed by atoms with van der Waals surface area (Å²) in [4.78, 5) is 11.6. The summed E-state index contributed by atoms with van der Waals surface area (Å²) in [7, 11) is 0. The van der Waals surface area contributed by atoms with Crippen LogP contribution in [0.1, 0.15) is 52.4 Å². The van der Waals surface area contributed by atoms with Gasteiger partial charge in [0.2, 0.25) is 0 Å². The maximum absolute atomic E-state index is 11.6. The number of ether oxygens (including phenoxy) is 2. The van der Waals surface area contributed by atoms with Crippen molar-refractivity contribution in [2.24, 2.45) is 0 Å². The van der Waals surface area contributed by atoms with Crippen molar-refractivity contribution in [3.8, 4) is 0 Å². The minimum atomic E-state index is -0.616. The van der Waals surface area contributed by atoms with Crippen molar-refractivity contribution in [1.82, 2.24) is 0 Å². The van der Waals surface area contributed by atoms with E-state index in [1.165, 1.54) is 18.1 Å². The van der Waals surface area contributed by atoms with Crippen molar-refractivity contribution >= 4 is 5.97 Å². The zero-order valence-corrected chi connectivity index (χ0v) is 12.0. The quantitative estimate of drug-likeness (QED) is 0.543. The highest BCUT2D eigenvalue weighted by Gasteiger charge is 2.42. The summed E-state index contributed by atoms with van der Waals surface area (Å²) in [5, 5.41) is 0. The standard InChI is InChI=1S/C16H24O3/c1-3-18-12-16(19-13(2)17,14-8-4-5-9-14)15-10-6-7-11-15/h8,10H,3-7,9,11-12H2,1-2H3. The first-order chi connectivity index (χ1) is 9.19. The van der Waals surface area contributed by atoms with Gasteiger partial charge in [-0.2, -0.15) is 0 Å². The molecule has 2 aliphatic carbocycles. The molecule has 0 aromatic heterocycles. The summed E-state index contributed by atoms with van der Waals surface area (Å²) in [5.41, 5.74) is 1.86. The Morgan fingerprint density at radius 2 is 1.79 bits per heavy atom. The molecule has 0 aromatic carbocycles. The highest BCUT2D eigenvalue weighted by atomic mass is 16.6. The number of carbonyl (C=O) groups is 1. The van der Waals surface area contributed by atoms with E-state index in [9.17, 15) is 4.79 Å². The van der Waals surface area contributed by atoms with Gasteiger partial charge in [-0.25, -0.2) is 0 Å². The largest absolute Gasteiger partial charge is 0.448 e. The lowest BCUT2D eigenvalue weighted by atomic mass is 9.84. The molecule has 106 valence electrons. The van der Waals surface area contributed by atoms with Crippen molar-refractivity contribution in [1.29, 1.82) is 0 Å². The predicted octanol–water partition coefficient (Wildman–Crippen LogP) is 3.55. The van der Waals surface area contributed by atoms with E-state index in [4.69, 9.17) is 9.47 Å². The zero-order valence-electron chi connectivity index (χ0n) is 12.0. The second kappa shape index (κ2) is 6.38. The lowest BCUT2D eigenvalue weighted by Gasteiger charge is -2.36. The van der Waals surface area contributed by atoms with Gasteiger partial charge >= 0.3 is 5.97 Å². The Balaban J connectivity index is 2.33. The summed E-state index contributed by atoms with van der Waals surface area (Å²) in [6.07, 6.45) is 11.0. The molecule has 0 bridgehead atoms. The molecule has 0 spiro atoms. The third-order valence-electron chi connectivity index (χ3n) is 3.95. The van der Waals surface area contributed by atoms with Crippen LogP contribution in [0.15, 0.2) is 23.3 Å².